The number of nitro benzene ring substituents is 1. The SMILES string of the molecule is O=C(C[NH2+]C[C@@H](O)c1ccc([N+](=O)[O-])cc1)NC1CC1. The Bertz CT molecular complexity index is 485. The molecule has 1 amide bonds. The Morgan fingerprint density at radius 3 is 2.65 bits per heavy atom. The highest BCUT2D eigenvalue weighted by molar-refractivity contribution is 5.77. The van der Waals surface area contributed by atoms with E-state index in [0.717, 1.165) is 12.8 Å². The topological polar surface area (TPSA) is 109 Å². The third-order valence-corrected chi connectivity index (χ3v) is 3.15. The number of hydrogen-bond acceptors (Lipinski definition) is 4. The van der Waals surface area contributed by atoms with Crippen LogP contribution in [0.1, 0.15) is 24.5 Å². The number of rotatable bonds is 7. The minimum Gasteiger partial charge on any atom is -0.382 e. The first-order chi connectivity index (χ1) is 9.56. The second kappa shape index (κ2) is 6.44. The van der Waals surface area contributed by atoms with Crippen molar-refractivity contribution in [3.63, 3.8) is 0 Å². The number of aliphatic hydroxyl groups excluding tert-OH is 1. The summed E-state index contributed by atoms with van der Waals surface area (Å²) in [6, 6.07) is 6.12. The van der Waals surface area contributed by atoms with Gasteiger partial charge in [0.15, 0.2) is 6.54 Å². The third kappa shape index (κ3) is 4.29. The van der Waals surface area contributed by atoms with Gasteiger partial charge in [0.25, 0.3) is 11.6 Å². The molecule has 1 fully saturated rings. The molecule has 0 saturated heterocycles. The number of carbonyl (C=O) groups is 1. The van der Waals surface area contributed by atoms with Gasteiger partial charge in [-0.25, -0.2) is 0 Å². The zero-order valence-corrected chi connectivity index (χ0v) is 11.0. The van der Waals surface area contributed by atoms with Gasteiger partial charge < -0.3 is 15.7 Å². The fraction of sp³-hybridized carbons (Fsp3) is 0.462. The predicted molar refractivity (Wildman–Crippen MR) is 70.9 cm³/mol. The van der Waals surface area contributed by atoms with Crippen LogP contribution in [-0.4, -0.2) is 35.1 Å². The first-order valence-corrected chi connectivity index (χ1v) is 6.59. The van der Waals surface area contributed by atoms with Crippen LogP contribution in [0.2, 0.25) is 0 Å². The molecule has 20 heavy (non-hydrogen) atoms. The maximum atomic E-state index is 11.4. The second-order valence-electron chi connectivity index (χ2n) is 4.93. The summed E-state index contributed by atoms with van der Waals surface area (Å²) in [4.78, 5) is 21.5. The summed E-state index contributed by atoms with van der Waals surface area (Å²) in [7, 11) is 0. The Morgan fingerprint density at radius 1 is 1.45 bits per heavy atom. The van der Waals surface area contributed by atoms with E-state index < -0.39 is 11.0 Å². The lowest BCUT2D eigenvalue weighted by molar-refractivity contribution is -0.651. The standard InChI is InChI=1S/C13H17N3O4/c17-12(7-14-8-13(18)15-10-3-4-10)9-1-5-11(6-2-9)16(19)20/h1-2,5-6,10,12,14,17H,3-4,7-8H2,(H,15,18)/p+1/t12-/m1/s1. The third-order valence-electron chi connectivity index (χ3n) is 3.15. The monoisotopic (exact) mass is 280 g/mol. The summed E-state index contributed by atoms with van der Waals surface area (Å²) in [5.41, 5.74) is 0.600. The summed E-state index contributed by atoms with van der Waals surface area (Å²) < 4.78 is 0. The van der Waals surface area contributed by atoms with Crippen LogP contribution >= 0.6 is 0 Å². The molecule has 0 aromatic heterocycles. The highest BCUT2D eigenvalue weighted by Gasteiger charge is 2.23. The summed E-state index contributed by atoms with van der Waals surface area (Å²) in [6.07, 6.45) is 1.36. The molecule has 0 radical (unpaired) electrons. The highest BCUT2D eigenvalue weighted by Crippen LogP contribution is 2.18. The minimum atomic E-state index is -0.746. The van der Waals surface area contributed by atoms with Gasteiger partial charge in [-0.1, -0.05) is 0 Å². The van der Waals surface area contributed by atoms with Crippen LogP contribution in [0.4, 0.5) is 5.69 Å². The maximum absolute atomic E-state index is 11.4. The van der Waals surface area contributed by atoms with Crippen molar-refractivity contribution < 1.29 is 20.1 Å². The normalized spacial score (nSPS) is 15.7. The Labute approximate surface area is 116 Å². The lowest BCUT2D eigenvalue weighted by atomic mass is 10.1. The fourth-order valence-corrected chi connectivity index (χ4v) is 1.84. The number of quaternary nitrogens is 1. The van der Waals surface area contributed by atoms with Crippen molar-refractivity contribution in [3.8, 4) is 0 Å². The average Bonchev–Trinajstić information content (AvgIpc) is 3.22. The van der Waals surface area contributed by atoms with Crippen molar-refractivity contribution in [2.75, 3.05) is 13.1 Å². The number of amides is 1. The Kier molecular flexibility index (Phi) is 4.65. The van der Waals surface area contributed by atoms with Gasteiger partial charge in [-0.3, -0.25) is 14.9 Å². The van der Waals surface area contributed by atoms with Crippen LogP contribution < -0.4 is 10.6 Å². The molecule has 1 saturated carbocycles. The Balaban J connectivity index is 1.74. The van der Waals surface area contributed by atoms with Crippen molar-refractivity contribution >= 4 is 11.6 Å². The molecule has 0 unspecified atom stereocenters. The largest absolute Gasteiger partial charge is 0.382 e. The number of non-ortho nitro benzene ring substituents is 1. The van der Waals surface area contributed by atoms with Gasteiger partial charge in [0.1, 0.15) is 12.6 Å². The quantitative estimate of drug-likeness (QED) is 0.461. The molecule has 0 spiro atoms. The molecule has 1 atom stereocenters. The number of benzene rings is 1. The van der Waals surface area contributed by atoms with E-state index in [1.165, 1.54) is 24.3 Å². The summed E-state index contributed by atoms with van der Waals surface area (Å²) >= 11 is 0. The lowest BCUT2D eigenvalue weighted by Gasteiger charge is -2.09. The van der Waals surface area contributed by atoms with E-state index in [1.54, 1.807) is 5.32 Å². The second-order valence-corrected chi connectivity index (χ2v) is 4.93. The lowest BCUT2D eigenvalue weighted by Crippen LogP contribution is -2.87. The van der Waals surface area contributed by atoms with Crippen LogP contribution in [0.3, 0.4) is 0 Å². The molecule has 1 aliphatic carbocycles. The summed E-state index contributed by atoms with van der Waals surface area (Å²) in [5.74, 6) is -0.0246. The van der Waals surface area contributed by atoms with Gasteiger partial charge >= 0.3 is 0 Å². The Hall–Kier alpha value is -1.99. The molecule has 1 aliphatic rings. The molecule has 7 nitrogen and oxygen atoms in total. The van der Waals surface area contributed by atoms with Crippen molar-refractivity contribution in [1.29, 1.82) is 0 Å². The number of nitrogens with one attached hydrogen (secondary N) is 1. The minimum absolute atomic E-state index is 0.00580. The van der Waals surface area contributed by atoms with Crippen LogP contribution in [0.25, 0.3) is 0 Å². The molecule has 4 N–H and O–H groups in total. The van der Waals surface area contributed by atoms with Gasteiger partial charge in [-0.2, -0.15) is 0 Å². The van der Waals surface area contributed by atoms with Crippen LogP contribution in [-0.2, 0) is 4.79 Å². The molecule has 1 aromatic carbocycles. The molecule has 108 valence electrons. The van der Waals surface area contributed by atoms with E-state index >= 15 is 0 Å². The van der Waals surface area contributed by atoms with Gasteiger partial charge in [0.05, 0.1) is 4.92 Å². The van der Waals surface area contributed by atoms with Crippen molar-refractivity contribution in [1.82, 2.24) is 5.32 Å². The molecule has 2 rings (SSSR count). The Morgan fingerprint density at radius 2 is 2.10 bits per heavy atom. The van der Waals surface area contributed by atoms with Crippen LogP contribution in [0, 0.1) is 10.1 Å². The van der Waals surface area contributed by atoms with Crippen LogP contribution in [0.15, 0.2) is 24.3 Å². The van der Waals surface area contributed by atoms with Crippen molar-refractivity contribution in [3.05, 3.63) is 39.9 Å². The predicted octanol–water partition coefficient (Wildman–Crippen LogP) is -0.530. The van der Waals surface area contributed by atoms with Gasteiger partial charge in [0, 0.05) is 18.2 Å². The molecule has 7 heteroatoms. The number of nitrogens with zero attached hydrogens (tertiary/aromatic N) is 1. The van der Waals surface area contributed by atoms with Gasteiger partial charge in [-0.05, 0) is 30.5 Å². The maximum Gasteiger partial charge on any atom is 0.275 e. The van der Waals surface area contributed by atoms with E-state index in [2.05, 4.69) is 5.32 Å². The zero-order valence-electron chi connectivity index (χ0n) is 11.0. The molecule has 0 aliphatic heterocycles. The van der Waals surface area contributed by atoms with Crippen molar-refractivity contribution in [2.24, 2.45) is 0 Å². The van der Waals surface area contributed by atoms with E-state index in [0.29, 0.717) is 18.2 Å². The van der Waals surface area contributed by atoms with Crippen LogP contribution in [0.5, 0.6) is 0 Å². The number of hydrogen-bond donors (Lipinski definition) is 3. The molecular formula is C13H18N3O4+. The van der Waals surface area contributed by atoms with Crippen molar-refractivity contribution in [2.45, 2.75) is 25.0 Å². The average molecular weight is 280 g/mol. The summed E-state index contributed by atoms with van der Waals surface area (Å²) in [5, 5.41) is 25.0. The fourth-order valence-electron chi connectivity index (χ4n) is 1.84. The van der Waals surface area contributed by atoms with Gasteiger partial charge in [-0.15, -0.1) is 0 Å². The zero-order chi connectivity index (χ0) is 14.5. The van der Waals surface area contributed by atoms with Gasteiger partial charge in [0.2, 0.25) is 0 Å². The number of nitro groups is 1. The molecule has 0 heterocycles. The number of aliphatic hydroxyl groups is 1. The molecule has 1 aromatic rings. The van der Waals surface area contributed by atoms with E-state index in [1.807, 2.05) is 0 Å². The van der Waals surface area contributed by atoms with E-state index in [9.17, 15) is 20.0 Å². The first-order valence-electron chi connectivity index (χ1n) is 6.59. The van der Waals surface area contributed by atoms with E-state index in [4.69, 9.17) is 0 Å². The summed E-state index contributed by atoms with van der Waals surface area (Å²) in [6.45, 7) is 0.621. The first kappa shape index (κ1) is 14.4. The number of carbonyl (C=O) groups excluding carboxylic acids is 1. The molecular weight excluding hydrogens is 262 g/mol. The smallest absolute Gasteiger partial charge is 0.275 e. The van der Waals surface area contributed by atoms with E-state index in [-0.39, 0.29) is 18.1 Å². The highest BCUT2D eigenvalue weighted by atomic mass is 16.6. The molecule has 0 bridgehead atoms. The number of nitrogens with two attached hydrogens (primary N) is 1.